The largest absolute Gasteiger partial charge is 0.473 e. The topological polar surface area (TPSA) is 79.8 Å². The number of carbonyl (C=O) groups is 1. The zero-order valence-corrected chi connectivity index (χ0v) is 23.0. The van der Waals surface area contributed by atoms with E-state index in [4.69, 9.17) is 25.8 Å². The summed E-state index contributed by atoms with van der Waals surface area (Å²) in [5.41, 5.74) is 4.26. The predicted octanol–water partition coefficient (Wildman–Crippen LogP) is 6.59. The molecule has 6 rings (SSSR count). The molecule has 10 heteroatoms. The molecular weight excluding hydrogens is 543 g/mol. The van der Waals surface area contributed by atoms with Crippen LogP contribution in [0.3, 0.4) is 0 Å². The Hall–Kier alpha value is -4.59. The van der Waals surface area contributed by atoms with Crippen LogP contribution in [0, 0.1) is 12.4 Å². The molecule has 1 aliphatic heterocycles. The van der Waals surface area contributed by atoms with Crippen LogP contribution in [0.15, 0.2) is 66.7 Å². The second-order valence-corrected chi connectivity index (χ2v) is 10.7. The molecule has 0 N–H and O–H groups in total. The molecule has 0 aliphatic carbocycles. The summed E-state index contributed by atoms with van der Waals surface area (Å²) in [6, 6.07) is 19.7. The first-order valence-electron chi connectivity index (χ1n) is 13.0. The van der Waals surface area contributed by atoms with Gasteiger partial charge in [-0.05, 0) is 30.2 Å². The summed E-state index contributed by atoms with van der Waals surface area (Å²) in [6.45, 7) is 8.47. The summed E-state index contributed by atoms with van der Waals surface area (Å²) in [7, 11) is 1.38. The van der Waals surface area contributed by atoms with Crippen molar-refractivity contribution in [3.63, 3.8) is 0 Å². The van der Waals surface area contributed by atoms with E-state index in [2.05, 4.69) is 14.4 Å². The monoisotopic (exact) mass is 568 g/mol. The van der Waals surface area contributed by atoms with Gasteiger partial charge >= 0.3 is 5.97 Å². The van der Waals surface area contributed by atoms with Gasteiger partial charge in [0.1, 0.15) is 28.0 Å². The number of nitrogens with zero attached hydrogens (tertiary/aromatic N) is 4. The van der Waals surface area contributed by atoms with E-state index in [-0.39, 0.29) is 24.4 Å². The van der Waals surface area contributed by atoms with Crippen molar-refractivity contribution in [2.75, 3.05) is 13.7 Å². The Balaban J connectivity index is 1.18. The molecule has 1 fully saturated rings. The van der Waals surface area contributed by atoms with Crippen molar-refractivity contribution in [1.82, 2.24) is 14.5 Å². The highest BCUT2D eigenvalue weighted by Crippen LogP contribution is 2.30. The van der Waals surface area contributed by atoms with Gasteiger partial charge in [0, 0.05) is 30.2 Å². The number of benzene rings is 2. The zero-order valence-electron chi connectivity index (χ0n) is 22.2. The molecule has 1 aliphatic rings. The van der Waals surface area contributed by atoms with Crippen molar-refractivity contribution in [3.05, 3.63) is 106 Å². The fourth-order valence-corrected chi connectivity index (χ4v) is 5.61. The Labute approximate surface area is 239 Å². The van der Waals surface area contributed by atoms with Gasteiger partial charge in [-0.2, -0.15) is 0 Å². The minimum absolute atomic E-state index is 0.0105. The van der Waals surface area contributed by atoms with Gasteiger partial charge < -0.3 is 18.8 Å². The third-order valence-corrected chi connectivity index (χ3v) is 7.97. The number of thiophene rings is 1. The lowest BCUT2D eigenvalue weighted by atomic mass is 10.1. The Morgan fingerprint density at radius 3 is 2.71 bits per heavy atom. The molecular formula is C31H25FN4O4S. The van der Waals surface area contributed by atoms with Crippen LogP contribution in [-0.2, 0) is 29.0 Å². The summed E-state index contributed by atoms with van der Waals surface area (Å²) in [6.07, 6.45) is 1.77. The molecule has 5 aromatic rings. The fourth-order valence-electron chi connectivity index (χ4n) is 4.64. The molecule has 0 saturated carbocycles. The molecule has 1 atom stereocenters. The van der Waals surface area contributed by atoms with Crippen molar-refractivity contribution in [2.45, 2.75) is 32.1 Å². The summed E-state index contributed by atoms with van der Waals surface area (Å²) in [5, 5.41) is 0. The van der Waals surface area contributed by atoms with E-state index in [9.17, 15) is 9.18 Å². The Bertz CT molecular complexity index is 1770. The maximum Gasteiger partial charge on any atom is 0.348 e. The lowest BCUT2D eigenvalue weighted by Crippen LogP contribution is -2.31. The van der Waals surface area contributed by atoms with Crippen LogP contribution in [0.1, 0.15) is 33.0 Å². The van der Waals surface area contributed by atoms with Gasteiger partial charge in [0.15, 0.2) is 5.69 Å². The van der Waals surface area contributed by atoms with E-state index in [1.54, 1.807) is 18.2 Å². The quantitative estimate of drug-likeness (QED) is 0.147. The van der Waals surface area contributed by atoms with Crippen molar-refractivity contribution in [1.29, 1.82) is 0 Å². The van der Waals surface area contributed by atoms with Gasteiger partial charge in [-0.25, -0.2) is 24.0 Å². The van der Waals surface area contributed by atoms with E-state index in [1.807, 2.05) is 42.5 Å². The van der Waals surface area contributed by atoms with E-state index >= 15 is 0 Å². The highest BCUT2D eigenvalue weighted by Gasteiger charge is 2.24. The van der Waals surface area contributed by atoms with Crippen molar-refractivity contribution in [3.8, 4) is 17.1 Å². The second kappa shape index (κ2) is 11.5. The van der Waals surface area contributed by atoms with Crippen LogP contribution in [0.5, 0.6) is 5.88 Å². The number of hydrogen-bond donors (Lipinski definition) is 0. The number of pyridine rings is 1. The maximum absolute atomic E-state index is 14.2. The first-order valence-corrected chi connectivity index (χ1v) is 13.9. The molecule has 0 bridgehead atoms. The third kappa shape index (κ3) is 5.68. The number of halogens is 1. The molecule has 3 aromatic heterocycles. The molecule has 0 radical (unpaired) electrons. The van der Waals surface area contributed by atoms with Crippen LogP contribution in [-0.4, -0.2) is 40.3 Å². The average molecular weight is 569 g/mol. The van der Waals surface area contributed by atoms with Crippen molar-refractivity contribution < 1.29 is 23.4 Å². The minimum Gasteiger partial charge on any atom is -0.473 e. The molecule has 4 heterocycles. The molecule has 8 nitrogen and oxygen atoms in total. The number of rotatable bonds is 9. The Morgan fingerprint density at radius 2 is 2.00 bits per heavy atom. The SMILES string of the molecule is [C-]#[N+]c1ccc(COc2cccc(-c3ccc(Cc4nc5sc(C(=O)OC)cc5n4C[C@@H]4CCO4)cc3)n2)c(F)c1. The highest BCUT2D eigenvalue weighted by atomic mass is 32.1. The summed E-state index contributed by atoms with van der Waals surface area (Å²) < 4.78 is 32.7. The number of hydrogen-bond acceptors (Lipinski definition) is 7. The first kappa shape index (κ1) is 26.6. The van der Waals surface area contributed by atoms with Gasteiger partial charge in [0.2, 0.25) is 5.88 Å². The predicted molar refractivity (Wildman–Crippen MR) is 153 cm³/mol. The molecule has 41 heavy (non-hydrogen) atoms. The van der Waals surface area contributed by atoms with E-state index < -0.39 is 5.82 Å². The molecule has 0 unspecified atom stereocenters. The standard InChI is InChI=1S/C31H25FN4O4S/c1-33-22-11-10-21(24(32)15-22)18-40-29-5-3-4-25(34-29)20-8-6-19(7-9-20)14-28-35-30-26(16-27(41-30)31(37)38-2)36(28)17-23-12-13-39-23/h3-11,15-16,23H,12-14,17-18H2,2H3/t23-/m0/s1. The van der Waals surface area contributed by atoms with E-state index in [0.29, 0.717) is 29.3 Å². The number of aromatic nitrogens is 3. The van der Waals surface area contributed by atoms with Crippen LogP contribution in [0.2, 0.25) is 0 Å². The number of esters is 1. The molecule has 0 amide bonds. The fraction of sp³-hybridized carbons (Fsp3) is 0.226. The average Bonchev–Trinajstić information content (AvgIpc) is 3.52. The van der Waals surface area contributed by atoms with Gasteiger partial charge in [0.25, 0.3) is 0 Å². The first-order chi connectivity index (χ1) is 20.0. The van der Waals surface area contributed by atoms with Gasteiger partial charge in [-0.1, -0.05) is 42.5 Å². The van der Waals surface area contributed by atoms with E-state index in [1.165, 1.54) is 24.5 Å². The van der Waals surface area contributed by atoms with Gasteiger partial charge in [-0.15, -0.1) is 11.3 Å². The smallest absolute Gasteiger partial charge is 0.348 e. The van der Waals surface area contributed by atoms with Crippen molar-refractivity contribution >= 4 is 33.3 Å². The summed E-state index contributed by atoms with van der Waals surface area (Å²) in [5.74, 6) is 0.458. The number of carbonyl (C=O) groups excluding carboxylic acids is 1. The lowest BCUT2D eigenvalue weighted by Gasteiger charge is -2.27. The zero-order chi connectivity index (χ0) is 28.3. The Kier molecular flexibility index (Phi) is 7.46. The third-order valence-electron chi connectivity index (χ3n) is 6.97. The van der Waals surface area contributed by atoms with Gasteiger partial charge in [0.05, 0.1) is 37.5 Å². The van der Waals surface area contributed by atoms with Crippen LogP contribution in [0.25, 0.3) is 26.4 Å². The normalized spacial score (nSPS) is 14.4. The van der Waals surface area contributed by atoms with Gasteiger partial charge in [-0.3, -0.25) is 0 Å². The second-order valence-electron chi connectivity index (χ2n) is 9.62. The van der Waals surface area contributed by atoms with Crippen LogP contribution >= 0.6 is 11.3 Å². The van der Waals surface area contributed by atoms with Crippen LogP contribution in [0.4, 0.5) is 10.1 Å². The van der Waals surface area contributed by atoms with Crippen molar-refractivity contribution in [2.24, 2.45) is 0 Å². The Morgan fingerprint density at radius 1 is 1.17 bits per heavy atom. The number of ether oxygens (including phenoxy) is 3. The lowest BCUT2D eigenvalue weighted by molar-refractivity contribution is -0.0589. The maximum atomic E-state index is 14.2. The summed E-state index contributed by atoms with van der Waals surface area (Å²) in [4.78, 5) is 26.1. The minimum atomic E-state index is -0.477. The van der Waals surface area contributed by atoms with Crippen LogP contribution < -0.4 is 4.74 Å². The molecule has 2 aromatic carbocycles. The number of methoxy groups -OCH3 is 1. The molecule has 1 saturated heterocycles. The summed E-state index contributed by atoms with van der Waals surface area (Å²) >= 11 is 1.33. The number of fused-ring (bicyclic) bond motifs is 1. The number of imidazole rings is 1. The molecule has 0 spiro atoms. The molecule has 206 valence electrons. The highest BCUT2D eigenvalue weighted by molar-refractivity contribution is 7.20. The van der Waals surface area contributed by atoms with E-state index in [0.717, 1.165) is 46.0 Å².